The van der Waals surface area contributed by atoms with Gasteiger partial charge in [-0.05, 0) is 62.2 Å². The lowest BCUT2D eigenvalue weighted by atomic mass is 10.1. The van der Waals surface area contributed by atoms with Crippen molar-refractivity contribution in [2.24, 2.45) is 5.14 Å². The van der Waals surface area contributed by atoms with E-state index in [1.165, 1.54) is 41.1 Å². The van der Waals surface area contributed by atoms with Crippen molar-refractivity contribution in [2.75, 3.05) is 5.32 Å². The Hall–Kier alpha value is -1.83. The Morgan fingerprint density at radius 2 is 1.83 bits per heavy atom. The van der Waals surface area contributed by atoms with E-state index in [4.69, 9.17) is 5.14 Å². The van der Waals surface area contributed by atoms with Crippen molar-refractivity contribution in [3.63, 3.8) is 0 Å². The minimum absolute atomic E-state index is 0.0326. The molecule has 3 N–H and O–H groups in total. The summed E-state index contributed by atoms with van der Waals surface area (Å²) in [6.07, 6.45) is 0. The summed E-state index contributed by atoms with van der Waals surface area (Å²) in [5, 5.41) is 7.49. The van der Waals surface area contributed by atoms with Gasteiger partial charge < -0.3 is 5.32 Å². The van der Waals surface area contributed by atoms with Crippen LogP contribution < -0.4 is 10.5 Å². The molecule has 24 heavy (non-hydrogen) atoms. The molecule has 0 aromatic heterocycles. The summed E-state index contributed by atoms with van der Waals surface area (Å²) >= 11 is 1.45. The Kier molecular flexibility index (Phi) is 5.69. The van der Waals surface area contributed by atoms with Crippen molar-refractivity contribution < 1.29 is 13.2 Å². The molecule has 0 aliphatic rings. The van der Waals surface area contributed by atoms with E-state index in [2.05, 4.69) is 5.32 Å². The standard InChI is InChI=1S/C17H20N2O3S2/c1-11-7-8-15(9-12(11)2)23-13(3)17(20)19-14-5-4-6-16(10-14)24(18,21)22/h4-10,13H,1-3H3,(H,19,20)(H2,18,21,22). The van der Waals surface area contributed by atoms with E-state index in [1.54, 1.807) is 13.0 Å². The lowest BCUT2D eigenvalue weighted by molar-refractivity contribution is -0.115. The highest BCUT2D eigenvalue weighted by Crippen LogP contribution is 2.26. The van der Waals surface area contributed by atoms with Crippen LogP contribution in [0.5, 0.6) is 0 Å². The second-order valence-corrected chi connectivity index (χ2v) is 8.54. The number of anilines is 1. The number of hydrogen-bond donors (Lipinski definition) is 2. The van der Waals surface area contributed by atoms with E-state index in [0.29, 0.717) is 5.69 Å². The zero-order valence-corrected chi connectivity index (χ0v) is 15.4. The Morgan fingerprint density at radius 1 is 1.12 bits per heavy atom. The zero-order chi connectivity index (χ0) is 17.9. The molecule has 1 unspecified atom stereocenters. The molecule has 2 aromatic carbocycles. The number of primary sulfonamides is 1. The van der Waals surface area contributed by atoms with Gasteiger partial charge in [0.1, 0.15) is 0 Å². The number of nitrogens with one attached hydrogen (secondary N) is 1. The maximum absolute atomic E-state index is 12.3. The Balaban J connectivity index is 2.07. The van der Waals surface area contributed by atoms with Crippen LogP contribution in [0.4, 0.5) is 5.69 Å². The van der Waals surface area contributed by atoms with Crippen LogP contribution in [-0.4, -0.2) is 19.6 Å². The number of aryl methyl sites for hydroxylation is 2. The molecule has 0 fully saturated rings. The molecule has 5 nitrogen and oxygen atoms in total. The molecule has 0 aliphatic carbocycles. The van der Waals surface area contributed by atoms with Crippen LogP contribution in [0.25, 0.3) is 0 Å². The number of amides is 1. The highest BCUT2D eigenvalue weighted by atomic mass is 32.2. The van der Waals surface area contributed by atoms with Crippen LogP contribution in [0.2, 0.25) is 0 Å². The summed E-state index contributed by atoms with van der Waals surface area (Å²) in [4.78, 5) is 13.3. The minimum Gasteiger partial charge on any atom is -0.325 e. The van der Waals surface area contributed by atoms with Crippen LogP contribution in [0.1, 0.15) is 18.1 Å². The number of benzene rings is 2. The zero-order valence-electron chi connectivity index (χ0n) is 13.7. The van der Waals surface area contributed by atoms with E-state index < -0.39 is 10.0 Å². The third-order valence-electron chi connectivity index (χ3n) is 3.59. The van der Waals surface area contributed by atoms with Crippen molar-refractivity contribution in [3.05, 3.63) is 53.6 Å². The fraction of sp³-hybridized carbons (Fsp3) is 0.235. The Bertz CT molecular complexity index is 864. The summed E-state index contributed by atoms with van der Waals surface area (Å²) < 4.78 is 22.7. The minimum atomic E-state index is -3.80. The largest absolute Gasteiger partial charge is 0.325 e. The number of thioether (sulfide) groups is 1. The van der Waals surface area contributed by atoms with Gasteiger partial charge in [-0.2, -0.15) is 0 Å². The van der Waals surface area contributed by atoms with Gasteiger partial charge in [-0.1, -0.05) is 12.1 Å². The predicted molar refractivity (Wildman–Crippen MR) is 97.7 cm³/mol. The van der Waals surface area contributed by atoms with E-state index in [1.807, 2.05) is 32.0 Å². The maximum Gasteiger partial charge on any atom is 0.238 e. The van der Waals surface area contributed by atoms with Gasteiger partial charge in [0.05, 0.1) is 10.1 Å². The molecule has 0 radical (unpaired) electrons. The number of hydrogen-bond acceptors (Lipinski definition) is 4. The number of sulfonamides is 1. The molecule has 0 spiro atoms. The normalized spacial score (nSPS) is 12.7. The summed E-state index contributed by atoms with van der Waals surface area (Å²) in [5.74, 6) is -0.204. The van der Waals surface area contributed by atoms with Gasteiger partial charge in [0.2, 0.25) is 15.9 Å². The second kappa shape index (κ2) is 7.38. The Labute approximate surface area is 146 Å². The lowest BCUT2D eigenvalue weighted by Crippen LogP contribution is -2.22. The summed E-state index contributed by atoms with van der Waals surface area (Å²) in [6.45, 7) is 5.88. The van der Waals surface area contributed by atoms with Crippen LogP contribution in [0.3, 0.4) is 0 Å². The van der Waals surface area contributed by atoms with Crippen LogP contribution in [0, 0.1) is 13.8 Å². The van der Waals surface area contributed by atoms with Gasteiger partial charge in [-0.25, -0.2) is 13.6 Å². The number of rotatable bonds is 5. The molecular weight excluding hydrogens is 344 g/mol. The average molecular weight is 364 g/mol. The molecule has 1 atom stereocenters. The van der Waals surface area contributed by atoms with Gasteiger partial charge in [-0.3, -0.25) is 4.79 Å². The summed E-state index contributed by atoms with van der Waals surface area (Å²) in [5.41, 5.74) is 2.78. The number of carbonyl (C=O) groups is 1. The molecule has 128 valence electrons. The highest BCUT2D eigenvalue weighted by Gasteiger charge is 2.16. The van der Waals surface area contributed by atoms with E-state index >= 15 is 0 Å². The number of nitrogens with two attached hydrogens (primary N) is 1. The first-order chi connectivity index (χ1) is 11.2. The molecular formula is C17H20N2O3S2. The first kappa shape index (κ1) is 18.5. The quantitative estimate of drug-likeness (QED) is 0.798. The van der Waals surface area contributed by atoms with Gasteiger partial charge in [0.15, 0.2) is 0 Å². The molecule has 0 bridgehead atoms. The molecule has 0 saturated carbocycles. The highest BCUT2D eigenvalue weighted by molar-refractivity contribution is 8.00. The van der Waals surface area contributed by atoms with Crippen LogP contribution in [0.15, 0.2) is 52.3 Å². The molecule has 7 heteroatoms. The molecule has 1 amide bonds. The average Bonchev–Trinajstić information content (AvgIpc) is 2.50. The summed E-state index contributed by atoms with van der Waals surface area (Å²) in [7, 11) is -3.80. The van der Waals surface area contributed by atoms with Crippen LogP contribution in [-0.2, 0) is 14.8 Å². The summed E-state index contributed by atoms with van der Waals surface area (Å²) in [6, 6.07) is 12.0. The third kappa shape index (κ3) is 4.83. The van der Waals surface area contributed by atoms with Gasteiger partial charge >= 0.3 is 0 Å². The molecule has 2 rings (SSSR count). The van der Waals surface area contributed by atoms with Gasteiger partial charge in [0.25, 0.3) is 0 Å². The first-order valence-electron chi connectivity index (χ1n) is 7.34. The second-order valence-electron chi connectivity index (χ2n) is 5.57. The van der Waals surface area contributed by atoms with E-state index in [9.17, 15) is 13.2 Å². The van der Waals surface area contributed by atoms with Crippen molar-refractivity contribution in [2.45, 2.75) is 35.8 Å². The third-order valence-corrected chi connectivity index (χ3v) is 5.60. The monoisotopic (exact) mass is 364 g/mol. The van der Waals surface area contributed by atoms with Crippen molar-refractivity contribution >= 4 is 33.4 Å². The van der Waals surface area contributed by atoms with E-state index in [-0.39, 0.29) is 16.1 Å². The van der Waals surface area contributed by atoms with Gasteiger partial charge in [-0.15, -0.1) is 11.8 Å². The fourth-order valence-electron chi connectivity index (χ4n) is 2.04. The maximum atomic E-state index is 12.3. The predicted octanol–water partition coefficient (Wildman–Crippen LogP) is 3.07. The lowest BCUT2D eigenvalue weighted by Gasteiger charge is -2.13. The van der Waals surface area contributed by atoms with E-state index in [0.717, 1.165) is 4.90 Å². The van der Waals surface area contributed by atoms with Crippen LogP contribution >= 0.6 is 11.8 Å². The van der Waals surface area contributed by atoms with Crippen molar-refractivity contribution in [1.82, 2.24) is 0 Å². The topological polar surface area (TPSA) is 89.3 Å². The molecule has 0 heterocycles. The fourth-order valence-corrected chi connectivity index (χ4v) is 3.56. The molecule has 0 saturated heterocycles. The SMILES string of the molecule is Cc1ccc(SC(C)C(=O)Nc2cccc(S(N)(=O)=O)c2)cc1C. The smallest absolute Gasteiger partial charge is 0.238 e. The van der Waals surface area contributed by atoms with Gasteiger partial charge in [0, 0.05) is 10.6 Å². The Morgan fingerprint density at radius 3 is 2.46 bits per heavy atom. The first-order valence-corrected chi connectivity index (χ1v) is 9.77. The van der Waals surface area contributed by atoms with Crippen molar-refractivity contribution in [3.8, 4) is 0 Å². The number of carbonyl (C=O) groups excluding carboxylic acids is 1. The molecule has 0 aliphatic heterocycles. The molecule has 2 aromatic rings. The van der Waals surface area contributed by atoms with Crippen molar-refractivity contribution in [1.29, 1.82) is 0 Å².